The van der Waals surface area contributed by atoms with Crippen LogP contribution in [0.25, 0.3) is 0 Å². The van der Waals surface area contributed by atoms with E-state index in [4.69, 9.17) is 23.2 Å². The molecule has 0 aromatic heterocycles. The summed E-state index contributed by atoms with van der Waals surface area (Å²) in [5, 5.41) is 1.16. The highest BCUT2D eigenvalue weighted by Gasteiger charge is 2.13. The maximum absolute atomic E-state index is 6.19. The third kappa shape index (κ3) is 7.96. The van der Waals surface area contributed by atoms with Crippen LogP contribution in [-0.4, -0.2) is 21.8 Å². The molecule has 0 aromatic carbocycles. The van der Waals surface area contributed by atoms with Gasteiger partial charge in [-0.2, -0.15) is 11.8 Å². The summed E-state index contributed by atoms with van der Waals surface area (Å²) in [7, 11) is 0. The largest absolute Gasteiger partial charge is 0.159 e. The molecule has 0 radical (unpaired) electrons. The van der Waals surface area contributed by atoms with Gasteiger partial charge in [-0.15, -0.1) is 23.2 Å². The highest BCUT2D eigenvalue weighted by molar-refractivity contribution is 7.99. The number of hydrogen-bond acceptors (Lipinski definition) is 1. The standard InChI is InChI=1S/C10H20Cl2S/c1-4-9(11)7-10(12)6-8(3)13-5-2/h8-10H,4-7H2,1-3H3. The van der Waals surface area contributed by atoms with E-state index in [0.29, 0.717) is 5.25 Å². The van der Waals surface area contributed by atoms with Crippen molar-refractivity contribution in [2.75, 3.05) is 5.75 Å². The van der Waals surface area contributed by atoms with E-state index < -0.39 is 0 Å². The third-order valence-corrected chi connectivity index (χ3v) is 3.93. The zero-order valence-electron chi connectivity index (χ0n) is 8.72. The van der Waals surface area contributed by atoms with Gasteiger partial charge in [0, 0.05) is 16.0 Å². The molecular weight excluding hydrogens is 223 g/mol. The summed E-state index contributed by atoms with van der Waals surface area (Å²) in [5.41, 5.74) is 0. The highest BCUT2D eigenvalue weighted by Crippen LogP contribution is 2.23. The van der Waals surface area contributed by atoms with Crippen molar-refractivity contribution in [3.05, 3.63) is 0 Å². The lowest BCUT2D eigenvalue weighted by Crippen LogP contribution is -2.12. The van der Waals surface area contributed by atoms with E-state index in [1.807, 2.05) is 11.8 Å². The first-order valence-corrected chi connectivity index (χ1v) is 6.92. The van der Waals surface area contributed by atoms with Gasteiger partial charge in [-0.1, -0.05) is 20.8 Å². The molecule has 3 atom stereocenters. The second-order valence-electron chi connectivity index (χ2n) is 3.34. The van der Waals surface area contributed by atoms with Crippen LogP contribution >= 0.6 is 35.0 Å². The van der Waals surface area contributed by atoms with E-state index >= 15 is 0 Å². The molecule has 13 heavy (non-hydrogen) atoms. The smallest absolute Gasteiger partial charge is 0.0360 e. The van der Waals surface area contributed by atoms with Crippen LogP contribution in [0.3, 0.4) is 0 Å². The Morgan fingerprint density at radius 1 is 1.08 bits per heavy atom. The molecule has 0 heterocycles. The number of alkyl halides is 2. The normalized spacial score (nSPS) is 18.2. The molecule has 0 aromatic rings. The third-order valence-electron chi connectivity index (χ3n) is 1.99. The van der Waals surface area contributed by atoms with Gasteiger partial charge in [0.05, 0.1) is 0 Å². The molecule has 0 saturated carbocycles. The molecule has 0 saturated heterocycles. The van der Waals surface area contributed by atoms with Gasteiger partial charge in [0.15, 0.2) is 0 Å². The zero-order chi connectivity index (χ0) is 10.3. The molecular formula is C10H20Cl2S. The van der Waals surface area contributed by atoms with Crippen molar-refractivity contribution in [3.8, 4) is 0 Å². The van der Waals surface area contributed by atoms with Gasteiger partial charge in [-0.05, 0) is 25.0 Å². The summed E-state index contributed by atoms with van der Waals surface area (Å²) in [6, 6.07) is 0. The van der Waals surface area contributed by atoms with Gasteiger partial charge in [-0.25, -0.2) is 0 Å². The predicted molar refractivity (Wildman–Crippen MR) is 66.4 cm³/mol. The van der Waals surface area contributed by atoms with E-state index in [-0.39, 0.29) is 10.8 Å². The molecule has 0 spiro atoms. The minimum atomic E-state index is 0.247. The number of halogens is 2. The van der Waals surface area contributed by atoms with Gasteiger partial charge in [0.25, 0.3) is 0 Å². The fourth-order valence-corrected chi connectivity index (χ4v) is 3.08. The second-order valence-corrected chi connectivity index (χ2v) is 6.29. The fraction of sp³-hybridized carbons (Fsp3) is 1.00. The monoisotopic (exact) mass is 242 g/mol. The van der Waals surface area contributed by atoms with Crippen molar-refractivity contribution >= 4 is 35.0 Å². The van der Waals surface area contributed by atoms with Crippen LogP contribution in [-0.2, 0) is 0 Å². The van der Waals surface area contributed by atoms with Crippen molar-refractivity contribution < 1.29 is 0 Å². The van der Waals surface area contributed by atoms with Gasteiger partial charge in [0.2, 0.25) is 0 Å². The Kier molecular flexibility index (Phi) is 8.85. The van der Waals surface area contributed by atoms with Crippen LogP contribution in [0.15, 0.2) is 0 Å². The quantitative estimate of drug-likeness (QED) is 0.592. The topological polar surface area (TPSA) is 0 Å². The summed E-state index contributed by atoms with van der Waals surface area (Å²) >= 11 is 14.2. The highest BCUT2D eigenvalue weighted by atomic mass is 35.5. The van der Waals surface area contributed by atoms with E-state index in [1.54, 1.807) is 0 Å². The van der Waals surface area contributed by atoms with Crippen LogP contribution < -0.4 is 0 Å². The molecule has 0 bridgehead atoms. The van der Waals surface area contributed by atoms with E-state index in [1.165, 1.54) is 5.75 Å². The lowest BCUT2D eigenvalue weighted by molar-refractivity contribution is 0.645. The summed E-state index contributed by atoms with van der Waals surface area (Å²) in [4.78, 5) is 0. The first-order chi connectivity index (χ1) is 6.10. The predicted octanol–water partition coefficient (Wildman–Crippen LogP) is 4.53. The molecule has 0 nitrogen and oxygen atoms in total. The molecule has 0 fully saturated rings. The molecule has 80 valence electrons. The fourth-order valence-electron chi connectivity index (χ4n) is 1.25. The Labute approximate surface area is 96.8 Å². The van der Waals surface area contributed by atoms with Crippen LogP contribution in [0.4, 0.5) is 0 Å². The summed E-state index contributed by atoms with van der Waals surface area (Å²) in [5.74, 6) is 1.17. The van der Waals surface area contributed by atoms with Crippen molar-refractivity contribution in [2.45, 2.75) is 56.0 Å². The maximum Gasteiger partial charge on any atom is 0.0360 e. The minimum absolute atomic E-state index is 0.247. The Morgan fingerprint density at radius 3 is 2.15 bits per heavy atom. The van der Waals surface area contributed by atoms with E-state index in [9.17, 15) is 0 Å². The van der Waals surface area contributed by atoms with Crippen molar-refractivity contribution in [2.24, 2.45) is 0 Å². The molecule has 0 aliphatic rings. The first-order valence-electron chi connectivity index (χ1n) is 4.99. The SMILES string of the molecule is CCSC(C)CC(Cl)CC(Cl)CC. The second kappa shape index (κ2) is 8.26. The van der Waals surface area contributed by atoms with Gasteiger partial charge in [-0.3, -0.25) is 0 Å². The van der Waals surface area contributed by atoms with Crippen LogP contribution in [0.2, 0.25) is 0 Å². The Balaban J connectivity index is 3.54. The Morgan fingerprint density at radius 2 is 1.69 bits per heavy atom. The molecule has 3 unspecified atom stereocenters. The van der Waals surface area contributed by atoms with Crippen LogP contribution in [0.1, 0.15) is 40.0 Å². The van der Waals surface area contributed by atoms with Gasteiger partial charge in [0.1, 0.15) is 0 Å². The summed E-state index contributed by atoms with van der Waals surface area (Å²) in [6.07, 6.45) is 3.03. The lowest BCUT2D eigenvalue weighted by Gasteiger charge is -2.16. The Hall–Kier alpha value is 0.930. The minimum Gasteiger partial charge on any atom is -0.159 e. The molecule has 0 rings (SSSR count). The molecule has 0 amide bonds. The average molecular weight is 243 g/mol. The molecule has 3 heteroatoms. The Bertz CT molecular complexity index is 119. The van der Waals surface area contributed by atoms with Crippen LogP contribution in [0, 0.1) is 0 Å². The number of hydrogen-bond donors (Lipinski definition) is 0. The average Bonchev–Trinajstić information content (AvgIpc) is 2.04. The summed E-state index contributed by atoms with van der Waals surface area (Å²) in [6.45, 7) is 6.52. The van der Waals surface area contributed by atoms with E-state index in [0.717, 1.165) is 19.3 Å². The molecule has 0 N–H and O–H groups in total. The van der Waals surface area contributed by atoms with Gasteiger partial charge >= 0.3 is 0 Å². The van der Waals surface area contributed by atoms with Crippen LogP contribution in [0.5, 0.6) is 0 Å². The lowest BCUT2D eigenvalue weighted by atomic mass is 10.1. The van der Waals surface area contributed by atoms with Crippen molar-refractivity contribution in [3.63, 3.8) is 0 Å². The number of rotatable bonds is 7. The van der Waals surface area contributed by atoms with Crippen molar-refractivity contribution in [1.82, 2.24) is 0 Å². The molecule has 0 aliphatic heterocycles. The van der Waals surface area contributed by atoms with Crippen molar-refractivity contribution in [1.29, 1.82) is 0 Å². The maximum atomic E-state index is 6.19. The number of thioether (sulfide) groups is 1. The van der Waals surface area contributed by atoms with Gasteiger partial charge < -0.3 is 0 Å². The van der Waals surface area contributed by atoms with E-state index in [2.05, 4.69) is 20.8 Å². The summed E-state index contributed by atoms with van der Waals surface area (Å²) < 4.78 is 0. The zero-order valence-corrected chi connectivity index (χ0v) is 11.1. The first kappa shape index (κ1) is 13.9. The molecule has 0 aliphatic carbocycles.